The van der Waals surface area contributed by atoms with Gasteiger partial charge in [0.15, 0.2) is 0 Å². The summed E-state index contributed by atoms with van der Waals surface area (Å²) in [4.78, 5) is 0. The molecule has 0 aliphatic carbocycles. The molecule has 0 amide bonds. The van der Waals surface area contributed by atoms with E-state index in [2.05, 4.69) is 63.2 Å². The van der Waals surface area contributed by atoms with Gasteiger partial charge in [-0.1, -0.05) is 41.9 Å². The lowest BCUT2D eigenvalue weighted by atomic mass is 10.2. The number of hydrogen-bond acceptors (Lipinski definition) is 2. The van der Waals surface area contributed by atoms with Crippen LogP contribution in [0, 0.1) is 0 Å². The third-order valence-electron chi connectivity index (χ3n) is 2.73. The summed E-state index contributed by atoms with van der Waals surface area (Å²) < 4.78 is 7.86. The van der Waals surface area contributed by atoms with Gasteiger partial charge >= 0.3 is 0 Å². The van der Waals surface area contributed by atoms with E-state index in [1.54, 1.807) is 0 Å². The minimum atomic E-state index is 0.472. The zero-order valence-electron chi connectivity index (χ0n) is 11.5. The number of benzene rings is 2. The van der Waals surface area contributed by atoms with E-state index in [0.29, 0.717) is 6.04 Å². The van der Waals surface area contributed by atoms with E-state index >= 15 is 0 Å². The Morgan fingerprint density at radius 3 is 2.60 bits per heavy atom. The maximum atomic E-state index is 5.92. The van der Waals surface area contributed by atoms with Crippen molar-refractivity contribution in [3.63, 3.8) is 0 Å². The van der Waals surface area contributed by atoms with Crippen molar-refractivity contribution in [3.05, 3.63) is 57.0 Å². The Kier molecular flexibility index (Phi) is 5.64. The zero-order chi connectivity index (χ0) is 14.5. The molecule has 2 nitrogen and oxygen atoms in total. The molecule has 2 aromatic rings. The standard InChI is InChI=1S/C16H17Br2NO/c1-11(2)19-10-12-4-3-5-14(8-12)20-16-7-6-13(17)9-15(16)18/h3-9,11,19H,10H2,1-2H3. The van der Waals surface area contributed by atoms with Crippen molar-refractivity contribution < 1.29 is 4.74 Å². The average molecular weight is 399 g/mol. The Bertz CT molecular complexity index is 584. The van der Waals surface area contributed by atoms with E-state index in [-0.39, 0.29) is 0 Å². The van der Waals surface area contributed by atoms with E-state index in [9.17, 15) is 0 Å². The third kappa shape index (κ3) is 4.62. The maximum absolute atomic E-state index is 5.92. The number of hydrogen-bond donors (Lipinski definition) is 1. The highest BCUT2D eigenvalue weighted by atomic mass is 79.9. The zero-order valence-corrected chi connectivity index (χ0v) is 14.7. The van der Waals surface area contributed by atoms with Crippen LogP contribution < -0.4 is 10.1 Å². The number of rotatable bonds is 5. The molecule has 0 saturated carbocycles. The first-order chi connectivity index (χ1) is 9.54. The summed E-state index contributed by atoms with van der Waals surface area (Å²) in [6, 6.07) is 14.5. The van der Waals surface area contributed by atoms with Gasteiger partial charge in [0.05, 0.1) is 4.47 Å². The van der Waals surface area contributed by atoms with Gasteiger partial charge in [-0.05, 0) is 51.8 Å². The first kappa shape index (κ1) is 15.5. The van der Waals surface area contributed by atoms with Gasteiger partial charge in [-0.3, -0.25) is 0 Å². The normalized spacial score (nSPS) is 10.8. The van der Waals surface area contributed by atoms with Crippen LogP contribution >= 0.6 is 31.9 Å². The van der Waals surface area contributed by atoms with Gasteiger partial charge in [0.1, 0.15) is 11.5 Å². The van der Waals surface area contributed by atoms with Gasteiger partial charge in [0, 0.05) is 17.1 Å². The van der Waals surface area contributed by atoms with Crippen LogP contribution in [-0.4, -0.2) is 6.04 Å². The van der Waals surface area contributed by atoms with E-state index in [4.69, 9.17) is 4.74 Å². The second-order valence-corrected chi connectivity index (χ2v) is 6.63. The molecule has 20 heavy (non-hydrogen) atoms. The molecule has 106 valence electrons. The Balaban J connectivity index is 2.11. The third-order valence-corrected chi connectivity index (χ3v) is 3.85. The van der Waals surface area contributed by atoms with Crippen molar-refractivity contribution in [2.24, 2.45) is 0 Å². The molecule has 0 spiro atoms. The predicted molar refractivity (Wildman–Crippen MR) is 90.3 cm³/mol. The van der Waals surface area contributed by atoms with Crippen LogP contribution in [0.4, 0.5) is 0 Å². The van der Waals surface area contributed by atoms with Crippen molar-refractivity contribution in [2.45, 2.75) is 26.4 Å². The quantitative estimate of drug-likeness (QED) is 0.717. The van der Waals surface area contributed by atoms with E-state index in [1.165, 1.54) is 5.56 Å². The van der Waals surface area contributed by atoms with Gasteiger partial charge < -0.3 is 10.1 Å². The summed E-state index contributed by atoms with van der Waals surface area (Å²) in [5.41, 5.74) is 1.21. The second-order valence-electron chi connectivity index (χ2n) is 4.86. The van der Waals surface area contributed by atoms with Gasteiger partial charge in [-0.2, -0.15) is 0 Å². The molecule has 1 N–H and O–H groups in total. The Labute approximate surface area is 136 Å². The Morgan fingerprint density at radius 2 is 1.90 bits per heavy atom. The minimum Gasteiger partial charge on any atom is -0.456 e. The van der Waals surface area contributed by atoms with Crippen molar-refractivity contribution in [1.29, 1.82) is 0 Å². The summed E-state index contributed by atoms with van der Waals surface area (Å²) in [7, 11) is 0. The molecule has 0 radical (unpaired) electrons. The van der Waals surface area contributed by atoms with Gasteiger partial charge in [-0.25, -0.2) is 0 Å². The second kappa shape index (κ2) is 7.25. The fraction of sp³-hybridized carbons (Fsp3) is 0.250. The lowest BCUT2D eigenvalue weighted by molar-refractivity contribution is 0.478. The summed E-state index contributed by atoms with van der Waals surface area (Å²) in [5.74, 6) is 1.65. The monoisotopic (exact) mass is 397 g/mol. The predicted octanol–water partition coefficient (Wildman–Crippen LogP) is 5.50. The molecule has 2 aromatic carbocycles. The van der Waals surface area contributed by atoms with Crippen LogP contribution in [0.25, 0.3) is 0 Å². The number of nitrogens with one attached hydrogen (secondary N) is 1. The molecule has 0 fully saturated rings. The average Bonchev–Trinajstić information content (AvgIpc) is 2.40. The fourth-order valence-corrected chi connectivity index (χ4v) is 2.85. The number of halogens is 2. The first-order valence-electron chi connectivity index (χ1n) is 6.50. The van der Waals surface area contributed by atoms with E-state index in [1.807, 2.05) is 30.3 Å². The summed E-state index contributed by atoms with van der Waals surface area (Å²) >= 11 is 6.94. The van der Waals surface area contributed by atoms with Crippen LogP contribution in [0.1, 0.15) is 19.4 Å². The van der Waals surface area contributed by atoms with Crippen LogP contribution in [0.3, 0.4) is 0 Å². The van der Waals surface area contributed by atoms with Crippen molar-refractivity contribution in [2.75, 3.05) is 0 Å². The molecule has 4 heteroatoms. The van der Waals surface area contributed by atoms with Crippen molar-refractivity contribution in [1.82, 2.24) is 5.32 Å². The molecule has 0 aliphatic rings. The fourth-order valence-electron chi connectivity index (χ4n) is 1.73. The number of ether oxygens (including phenoxy) is 1. The molecule has 0 unspecified atom stereocenters. The summed E-state index contributed by atoms with van der Waals surface area (Å²) in [6.45, 7) is 5.12. The van der Waals surface area contributed by atoms with Crippen LogP contribution in [0.15, 0.2) is 51.4 Å². The van der Waals surface area contributed by atoms with E-state index < -0.39 is 0 Å². The molecule has 0 heterocycles. The lowest BCUT2D eigenvalue weighted by Crippen LogP contribution is -2.21. The molecular weight excluding hydrogens is 382 g/mol. The molecule has 0 bridgehead atoms. The van der Waals surface area contributed by atoms with Crippen molar-refractivity contribution in [3.8, 4) is 11.5 Å². The topological polar surface area (TPSA) is 21.3 Å². The highest BCUT2D eigenvalue weighted by Crippen LogP contribution is 2.32. The Hall–Kier alpha value is -0.840. The largest absolute Gasteiger partial charge is 0.456 e. The van der Waals surface area contributed by atoms with Crippen LogP contribution in [0.2, 0.25) is 0 Å². The van der Waals surface area contributed by atoms with E-state index in [0.717, 1.165) is 27.0 Å². The highest BCUT2D eigenvalue weighted by Gasteiger charge is 2.04. The van der Waals surface area contributed by atoms with Crippen molar-refractivity contribution >= 4 is 31.9 Å². The van der Waals surface area contributed by atoms with Gasteiger partial charge in [-0.15, -0.1) is 0 Å². The van der Waals surface area contributed by atoms with Crippen LogP contribution in [0.5, 0.6) is 11.5 Å². The summed E-state index contributed by atoms with van der Waals surface area (Å²) in [5, 5.41) is 3.40. The first-order valence-corrected chi connectivity index (χ1v) is 8.08. The van der Waals surface area contributed by atoms with Gasteiger partial charge in [0.2, 0.25) is 0 Å². The molecule has 0 aliphatic heterocycles. The maximum Gasteiger partial charge on any atom is 0.141 e. The minimum absolute atomic E-state index is 0.472. The Morgan fingerprint density at radius 1 is 1.10 bits per heavy atom. The SMILES string of the molecule is CC(C)NCc1cccc(Oc2ccc(Br)cc2Br)c1. The molecule has 0 saturated heterocycles. The molecule has 2 rings (SSSR count). The lowest BCUT2D eigenvalue weighted by Gasteiger charge is -2.11. The molecule has 0 aromatic heterocycles. The molecular formula is C16H17Br2NO. The van der Waals surface area contributed by atoms with Crippen LogP contribution in [-0.2, 0) is 6.54 Å². The smallest absolute Gasteiger partial charge is 0.141 e. The molecule has 0 atom stereocenters. The van der Waals surface area contributed by atoms with Gasteiger partial charge in [0.25, 0.3) is 0 Å². The highest BCUT2D eigenvalue weighted by molar-refractivity contribution is 9.11. The summed E-state index contributed by atoms with van der Waals surface area (Å²) in [6.07, 6.45) is 0.